The molecule has 11 nitrogen and oxygen atoms in total. The summed E-state index contributed by atoms with van der Waals surface area (Å²) < 4.78 is 5.54. The van der Waals surface area contributed by atoms with E-state index in [9.17, 15) is 9.90 Å². The Morgan fingerprint density at radius 2 is 1.89 bits per heavy atom. The number of aromatic nitrogens is 4. The third-order valence-corrected chi connectivity index (χ3v) is 8.18. The quantitative estimate of drug-likeness (QED) is 0.571. The second-order valence-corrected chi connectivity index (χ2v) is 10.5. The number of aliphatic hydroxyl groups excluding tert-OH is 1. The second kappa shape index (κ2) is 8.35. The minimum atomic E-state index is -0.531. The minimum absolute atomic E-state index is 0.173. The monoisotopic (exact) mass is 480 g/mol. The highest BCUT2D eigenvalue weighted by atomic mass is 16.5. The van der Waals surface area contributed by atoms with Gasteiger partial charge in [0.05, 0.1) is 36.1 Å². The van der Waals surface area contributed by atoms with E-state index in [-0.39, 0.29) is 17.6 Å². The van der Waals surface area contributed by atoms with Gasteiger partial charge in [-0.1, -0.05) is 0 Å². The van der Waals surface area contributed by atoms with Crippen LogP contribution < -0.4 is 15.5 Å². The van der Waals surface area contributed by atoms with Crippen molar-refractivity contribution in [2.75, 3.05) is 61.5 Å². The molecule has 35 heavy (non-hydrogen) atoms. The molecule has 0 amide bonds. The summed E-state index contributed by atoms with van der Waals surface area (Å²) in [5.74, 6) is 1.88. The molecule has 1 saturated carbocycles. The van der Waals surface area contributed by atoms with Gasteiger partial charge in [-0.25, -0.2) is 15.0 Å². The molecular formula is C24H32N8O3. The normalized spacial score (nSPS) is 30.9. The average Bonchev–Trinajstić information content (AvgIpc) is 3.47. The van der Waals surface area contributed by atoms with Gasteiger partial charge in [-0.15, -0.1) is 0 Å². The highest BCUT2D eigenvalue weighted by Crippen LogP contribution is 2.45. The fourth-order valence-corrected chi connectivity index (χ4v) is 6.10. The number of nitrogen functional groups attached to an aromatic ring is 1. The van der Waals surface area contributed by atoms with Gasteiger partial charge in [-0.2, -0.15) is 4.98 Å². The summed E-state index contributed by atoms with van der Waals surface area (Å²) in [6.07, 6.45) is 6.91. The van der Waals surface area contributed by atoms with Crippen LogP contribution in [0, 0.1) is 0 Å². The first-order chi connectivity index (χ1) is 16.9. The maximum absolute atomic E-state index is 12.0. The number of carbonyl (C=O) groups excluding carboxylic acids is 1. The van der Waals surface area contributed by atoms with Crippen LogP contribution in [0.15, 0.2) is 12.4 Å². The van der Waals surface area contributed by atoms with Crippen molar-refractivity contribution in [1.82, 2.24) is 24.8 Å². The van der Waals surface area contributed by atoms with Crippen LogP contribution in [0.1, 0.15) is 31.7 Å². The molecule has 0 spiro atoms. The summed E-state index contributed by atoms with van der Waals surface area (Å²) in [6, 6.07) is 0. The third kappa shape index (κ3) is 3.73. The molecule has 3 fully saturated rings. The number of aldehydes is 1. The number of ether oxygens (including phenoxy) is 1. The number of fused-ring (bicyclic) bond motifs is 1. The second-order valence-electron chi connectivity index (χ2n) is 10.5. The van der Waals surface area contributed by atoms with Crippen molar-refractivity contribution in [2.24, 2.45) is 0 Å². The van der Waals surface area contributed by atoms with E-state index in [0.717, 1.165) is 74.5 Å². The molecule has 0 bridgehead atoms. The van der Waals surface area contributed by atoms with E-state index in [4.69, 9.17) is 20.4 Å². The molecule has 3 N–H and O–H groups in total. The fraction of sp³-hybridized carbons (Fsp3) is 0.625. The van der Waals surface area contributed by atoms with Gasteiger partial charge in [0, 0.05) is 56.2 Å². The molecule has 2 aromatic rings. The molecular weight excluding hydrogens is 448 g/mol. The van der Waals surface area contributed by atoms with Crippen molar-refractivity contribution in [3.8, 4) is 11.3 Å². The number of nitrogens with two attached hydrogens (primary N) is 1. The predicted octanol–water partition coefficient (Wildman–Crippen LogP) is 0.272. The lowest BCUT2D eigenvalue weighted by molar-refractivity contribution is -0.133. The Kier molecular flexibility index (Phi) is 5.39. The Morgan fingerprint density at radius 1 is 1.14 bits per heavy atom. The Morgan fingerprint density at radius 3 is 2.57 bits per heavy atom. The summed E-state index contributed by atoms with van der Waals surface area (Å²) in [4.78, 5) is 37.3. The van der Waals surface area contributed by atoms with Crippen LogP contribution in [0.3, 0.4) is 0 Å². The van der Waals surface area contributed by atoms with Gasteiger partial charge in [0.15, 0.2) is 0 Å². The van der Waals surface area contributed by atoms with Crippen molar-refractivity contribution in [3.05, 3.63) is 18.0 Å². The van der Waals surface area contributed by atoms with Gasteiger partial charge in [0.1, 0.15) is 12.1 Å². The maximum Gasteiger partial charge on any atom is 0.228 e. The zero-order valence-corrected chi connectivity index (χ0v) is 20.1. The SMILES string of the molecule is C[C@]1(N2CCc3c(-c4cnc(N)nc4)nc(N4CCOCC4)nc32)CCN(C2(C=O)CC(O)C2)C1. The highest BCUT2D eigenvalue weighted by Gasteiger charge is 2.54. The molecule has 6 rings (SSSR count). The predicted molar refractivity (Wildman–Crippen MR) is 130 cm³/mol. The molecule has 0 radical (unpaired) electrons. The van der Waals surface area contributed by atoms with Crippen molar-refractivity contribution in [2.45, 2.75) is 49.8 Å². The Balaban J connectivity index is 1.37. The van der Waals surface area contributed by atoms with Crippen molar-refractivity contribution in [1.29, 1.82) is 0 Å². The topological polar surface area (TPSA) is 134 Å². The molecule has 186 valence electrons. The van der Waals surface area contributed by atoms with Crippen molar-refractivity contribution in [3.63, 3.8) is 0 Å². The number of aliphatic hydroxyl groups is 1. The van der Waals surface area contributed by atoms with Crippen LogP contribution >= 0.6 is 0 Å². The summed E-state index contributed by atoms with van der Waals surface area (Å²) in [5.41, 5.74) is 7.81. The van der Waals surface area contributed by atoms with Crippen LogP contribution in [0.4, 0.5) is 17.7 Å². The van der Waals surface area contributed by atoms with E-state index in [0.29, 0.717) is 32.0 Å². The molecule has 1 atom stereocenters. The van der Waals surface area contributed by atoms with Gasteiger partial charge in [0.25, 0.3) is 0 Å². The van der Waals surface area contributed by atoms with Gasteiger partial charge in [0.2, 0.25) is 11.9 Å². The molecule has 11 heteroatoms. The summed E-state index contributed by atoms with van der Waals surface area (Å²) >= 11 is 0. The number of morpholine rings is 1. The van der Waals surface area contributed by atoms with Crippen LogP contribution in [-0.4, -0.2) is 99.3 Å². The Bertz CT molecular complexity index is 1120. The number of carbonyl (C=O) groups is 1. The van der Waals surface area contributed by atoms with Crippen LogP contribution in [0.5, 0.6) is 0 Å². The molecule has 2 saturated heterocycles. The number of nitrogens with zero attached hydrogens (tertiary/aromatic N) is 7. The first-order valence-electron chi connectivity index (χ1n) is 12.4. The lowest BCUT2D eigenvalue weighted by atomic mass is 9.74. The molecule has 2 aromatic heterocycles. The van der Waals surface area contributed by atoms with Gasteiger partial charge in [-0.05, 0) is 32.6 Å². The Hall–Kier alpha value is -2.89. The van der Waals surface area contributed by atoms with E-state index < -0.39 is 5.54 Å². The van der Waals surface area contributed by atoms with Crippen molar-refractivity contribution >= 4 is 24.0 Å². The molecule has 0 unspecified atom stereocenters. The van der Waals surface area contributed by atoms with Crippen molar-refractivity contribution < 1.29 is 14.6 Å². The van der Waals surface area contributed by atoms with E-state index in [1.807, 2.05) is 0 Å². The van der Waals surface area contributed by atoms with E-state index in [1.165, 1.54) is 0 Å². The van der Waals surface area contributed by atoms with E-state index in [1.54, 1.807) is 12.4 Å². The molecule has 5 heterocycles. The van der Waals surface area contributed by atoms with Crippen LogP contribution in [0.25, 0.3) is 11.3 Å². The van der Waals surface area contributed by atoms with E-state index >= 15 is 0 Å². The smallest absolute Gasteiger partial charge is 0.228 e. The number of likely N-dealkylation sites (tertiary alicyclic amines) is 1. The average molecular weight is 481 g/mol. The minimum Gasteiger partial charge on any atom is -0.393 e. The van der Waals surface area contributed by atoms with Gasteiger partial charge in [-0.3, -0.25) is 4.90 Å². The summed E-state index contributed by atoms with van der Waals surface area (Å²) in [7, 11) is 0. The summed E-state index contributed by atoms with van der Waals surface area (Å²) in [6.45, 7) is 7.46. The number of hydrogen-bond donors (Lipinski definition) is 2. The van der Waals surface area contributed by atoms with Crippen LogP contribution in [0.2, 0.25) is 0 Å². The third-order valence-electron chi connectivity index (χ3n) is 8.18. The standard InChI is InChI=1S/C24H32N8O3/c1-23(3-5-31(14-23)24(15-33)10-17(34)11-24)32-4-2-18-19(16-12-26-21(25)27-13-16)28-22(29-20(18)32)30-6-8-35-9-7-30/h12-13,15,17,34H,2-11,14H2,1H3,(H2,25,26,27)/t17?,23-,24?/m0/s1. The first-order valence-corrected chi connectivity index (χ1v) is 12.4. The van der Waals surface area contributed by atoms with Gasteiger partial charge >= 0.3 is 0 Å². The zero-order valence-electron chi connectivity index (χ0n) is 20.1. The number of rotatable bonds is 5. The van der Waals surface area contributed by atoms with Crippen LogP contribution in [-0.2, 0) is 16.0 Å². The summed E-state index contributed by atoms with van der Waals surface area (Å²) in [5, 5.41) is 9.91. The maximum atomic E-state index is 12.0. The lowest BCUT2D eigenvalue weighted by Crippen LogP contribution is -2.61. The van der Waals surface area contributed by atoms with Gasteiger partial charge < -0.3 is 30.2 Å². The largest absolute Gasteiger partial charge is 0.393 e. The number of anilines is 3. The Labute approximate surface area is 204 Å². The number of hydrogen-bond acceptors (Lipinski definition) is 11. The molecule has 1 aliphatic carbocycles. The lowest BCUT2D eigenvalue weighted by Gasteiger charge is -2.48. The molecule has 0 aromatic carbocycles. The fourth-order valence-electron chi connectivity index (χ4n) is 6.10. The molecule has 3 aliphatic heterocycles. The highest BCUT2D eigenvalue weighted by molar-refractivity contribution is 5.73. The zero-order chi connectivity index (χ0) is 24.2. The molecule has 4 aliphatic rings. The van der Waals surface area contributed by atoms with E-state index in [2.05, 4.69) is 31.6 Å². The first kappa shape index (κ1) is 22.6.